The summed E-state index contributed by atoms with van der Waals surface area (Å²) in [5, 5.41) is 2.77. The molecule has 0 spiro atoms. The van der Waals surface area contributed by atoms with Crippen molar-refractivity contribution in [2.75, 3.05) is 37.1 Å². The number of amides is 1. The molecule has 0 unspecified atom stereocenters. The second-order valence-corrected chi connectivity index (χ2v) is 8.39. The first kappa shape index (κ1) is 20.8. The number of para-hydroxylation sites is 1. The highest BCUT2D eigenvalue weighted by Crippen LogP contribution is 2.36. The van der Waals surface area contributed by atoms with Gasteiger partial charge in [0.25, 0.3) is 0 Å². The van der Waals surface area contributed by atoms with Gasteiger partial charge in [-0.1, -0.05) is 18.2 Å². The van der Waals surface area contributed by atoms with Crippen molar-refractivity contribution in [1.29, 1.82) is 0 Å². The fourth-order valence-corrected chi connectivity index (χ4v) is 3.83. The molecule has 1 aliphatic heterocycles. The Hall–Kier alpha value is -2.94. The molecule has 0 aromatic heterocycles. The minimum atomic E-state index is -3.50. The largest absolute Gasteiger partial charge is 0.492 e. The Morgan fingerprint density at radius 2 is 1.90 bits per heavy atom. The zero-order valence-corrected chi connectivity index (χ0v) is 17.0. The molecule has 3 rings (SSSR count). The minimum Gasteiger partial charge on any atom is -0.492 e. The van der Waals surface area contributed by atoms with Gasteiger partial charge in [0.1, 0.15) is 12.4 Å². The number of ether oxygens (including phenoxy) is 3. The van der Waals surface area contributed by atoms with Gasteiger partial charge in [0.05, 0.1) is 18.5 Å². The van der Waals surface area contributed by atoms with Crippen molar-refractivity contribution >= 4 is 21.6 Å². The summed E-state index contributed by atoms with van der Waals surface area (Å²) < 4.78 is 41.7. The zero-order valence-electron chi connectivity index (χ0n) is 16.2. The van der Waals surface area contributed by atoms with E-state index in [1.807, 2.05) is 30.3 Å². The van der Waals surface area contributed by atoms with Crippen molar-refractivity contribution in [2.45, 2.75) is 12.8 Å². The van der Waals surface area contributed by atoms with Crippen LogP contribution in [0, 0.1) is 0 Å². The first-order valence-corrected chi connectivity index (χ1v) is 11.1. The smallest absolute Gasteiger partial charge is 0.232 e. The van der Waals surface area contributed by atoms with E-state index in [1.165, 1.54) is 4.31 Å². The van der Waals surface area contributed by atoms with Crippen molar-refractivity contribution in [1.82, 2.24) is 5.32 Å². The summed E-state index contributed by atoms with van der Waals surface area (Å²) in [6.07, 6.45) is 1.73. The zero-order chi connectivity index (χ0) is 20.7. The Kier molecular flexibility index (Phi) is 6.82. The lowest BCUT2D eigenvalue weighted by Crippen LogP contribution is -2.32. The normalized spacial score (nSPS) is 12.4. The SMILES string of the molecule is CS(=O)(=O)N(CCCC(=O)NCCOc1ccccc1)c1ccc2c(c1)OCO2. The van der Waals surface area contributed by atoms with Crippen LogP contribution >= 0.6 is 0 Å². The predicted octanol–water partition coefficient (Wildman–Crippen LogP) is 2.16. The Balaban J connectivity index is 1.44. The third-order valence-electron chi connectivity index (χ3n) is 4.25. The van der Waals surface area contributed by atoms with E-state index in [2.05, 4.69) is 5.32 Å². The molecule has 0 saturated heterocycles. The van der Waals surface area contributed by atoms with Gasteiger partial charge in [-0.15, -0.1) is 0 Å². The molecular weight excluding hydrogens is 396 g/mol. The first-order valence-electron chi connectivity index (χ1n) is 9.25. The maximum atomic E-state index is 12.2. The van der Waals surface area contributed by atoms with Gasteiger partial charge in [-0.2, -0.15) is 0 Å². The fourth-order valence-electron chi connectivity index (χ4n) is 2.87. The molecule has 8 nitrogen and oxygen atoms in total. The van der Waals surface area contributed by atoms with Gasteiger partial charge in [-0.25, -0.2) is 8.42 Å². The van der Waals surface area contributed by atoms with Crippen LogP contribution in [0.3, 0.4) is 0 Å². The van der Waals surface area contributed by atoms with Crippen LogP contribution in [0.25, 0.3) is 0 Å². The molecule has 0 bridgehead atoms. The number of rotatable bonds is 10. The molecule has 1 aliphatic rings. The van der Waals surface area contributed by atoms with Gasteiger partial charge in [0, 0.05) is 19.0 Å². The molecule has 2 aromatic carbocycles. The van der Waals surface area contributed by atoms with Gasteiger partial charge in [-0.3, -0.25) is 9.10 Å². The highest BCUT2D eigenvalue weighted by Gasteiger charge is 2.21. The highest BCUT2D eigenvalue weighted by atomic mass is 32.2. The van der Waals surface area contributed by atoms with Crippen molar-refractivity contribution in [3.05, 3.63) is 48.5 Å². The number of anilines is 1. The van der Waals surface area contributed by atoms with E-state index < -0.39 is 10.0 Å². The van der Waals surface area contributed by atoms with Crippen molar-refractivity contribution in [3.8, 4) is 17.2 Å². The lowest BCUT2D eigenvalue weighted by Gasteiger charge is -2.22. The Labute approximate surface area is 170 Å². The van der Waals surface area contributed by atoms with E-state index in [4.69, 9.17) is 14.2 Å². The Morgan fingerprint density at radius 1 is 1.14 bits per heavy atom. The molecule has 0 saturated carbocycles. The summed E-state index contributed by atoms with van der Waals surface area (Å²) in [5.74, 6) is 1.68. The van der Waals surface area contributed by atoms with E-state index in [0.717, 1.165) is 12.0 Å². The monoisotopic (exact) mass is 420 g/mol. The van der Waals surface area contributed by atoms with E-state index >= 15 is 0 Å². The lowest BCUT2D eigenvalue weighted by atomic mass is 10.2. The van der Waals surface area contributed by atoms with Crippen LogP contribution in [0.5, 0.6) is 17.2 Å². The van der Waals surface area contributed by atoms with Crippen LogP contribution in [0.4, 0.5) is 5.69 Å². The molecule has 2 aromatic rings. The number of nitrogens with zero attached hydrogens (tertiary/aromatic N) is 1. The summed E-state index contributed by atoms with van der Waals surface area (Å²) in [6, 6.07) is 14.3. The first-order chi connectivity index (χ1) is 13.9. The third-order valence-corrected chi connectivity index (χ3v) is 5.44. The van der Waals surface area contributed by atoms with E-state index in [1.54, 1.807) is 18.2 Å². The van der Waals surface area contributed by atoms with Crippen molar-refractivity contribution in [2.24, 2.45) is 0 Å². The molecule has 156 valence electrons. The van der Waals surface area contributed by atoms with Crippen LogP contribution in [0.1, 0.15) is 12.8 Å². The molecule has 1 heterocycles. The molecule has 1 N–H and O–H groups in total. The maximum Gasteiger partial charge on any atom is 0.232 e. The molecule has 0 radical (unpaired) electrons. The number of hydrogen-bond donors (Lipinski definition) is 1. The van der Waals surface area contributed by atoms with Crippen molar-refractivity contribution in [3.63, 3.8) is 0 Å². The van der Waals surface area contributed by atoms with E-state index in [9.17, 15) is 13.2 Å². The highest BCUT2D eigenvalue weighted by molar-refractivity contribution is 7.92. The van der Waals surface area contributed by atoms with Crippen LogP contribution in [-0.2, 0) is 14.8 Å². The number of carbonyl (C=O) groups is 1. The summed E-state index contributed by atoms with van der Waals surface area (Å²) in [6.45, 7) is 1.05. The average Bonchev–Trinajstić information content (AvgIpc) is 3.16. The van der Waals surface area contributed by atoms with E-state index in [-0.39, 0.29) is 25.7 Å². The minimum absolute atomic E-state index is 0.117. The van der Waals surface area contributed by atoms with Gasteiger partial charge in [-0.05, 0) is 30.7 Å². The molecule has 0 aliphatic carbocycles. The Bertz CT molecular complexity index is 933. The molecule has 0 fully saturated rings. The Morgan fingerprint density at radius 3 is 2.66 bits per heavy atom. The second-order valence-electron chi connectivity index (χ2n) is 6.49. The lowest BCUT2D eigenvalue weighted by molar-refractivity contribution is -0.121. The van der Waals surface area contributed by atoms with Crippen LogP contribution in [-0.4, -0.2) is 47.1 Å². The molecule has 29 heavy (non-hydrogen) atoms. The third kappa shape index (κ3) is 6.02. The van der Waals surface area contributed by atoms with Gasteiger partial charge < -0.3 is 19.5 Å². The molecule has 0 atom stereocenters. The van der Waals surface area contributed by atoms with Crippen LogP contribution in [0.2, 0.25) is 0 Å². The standard InChI is InChI=1S/C20H24N2O6S/c1-29(24,25)22(16-9-10-18-19(14-16)28-15-27-18)12-5-8-20(23)21-11-13-26-17-6-3-2-4-7-17/h2-4,6-7,9-10,14H,5,8,11-13,15H2,1H3,(H,21,23). The molecule has 9 heteroatoms. The van der Waals surface area contributed by atoms with Gasteiger partial charge >= 0.3 is 0 Å². The van der Waals surface area contributed by atoms with E-state index in [0.29, 0.717) is 36.8 Å². The number of hydrogen-bond acceptors (Lipinski definition) is 6. The average molecular weight is 420 g/mol. The van der Waals surface area contributed by atoms with Crippen LogP contribution < -0.4 is 23.8 Å². The fraction of sp³-hybridized carbons (Fsp3) is 0.350. The second kappa shape index (κ2) is 9.51. The van der Waals surface area contributed by atoms with Crippen molar-refractivity contribution < 1.29 is 27.4 Å². The topological polar surface area (TPSA) is 94.2 Å². The number of nitrogens with one attached hydrogen (secondary N) is 1. The number of carbonyl (C=O) groups excluding carboxylic acids is 1. The summed E-state index contributed by atoms with van der Waals surface area (Å²) in [7, 11) is -3.50. The summed E-state index contributed by atoms with van der Waals surface area (Å²) in [4.78, 5) is 12.0. The number of benzene rings is 2. The van der Waals surface area contributed by atoms with Gasteiger partial charge in [0.15, 0.2) is 11.5 Å². The predicted molar refractivity (Wildman–Crippen MR) is 109 cm³/mol. The quantitative estimate of drug-likeness (QED) is 0.592. The van der Waals surface area contributed by atoms with Crippen LogP contribution in [0.15, 0.2) is 48.5 Å². The maximum absolute atomic E-state index is 12.2. The van der Waals surface area contributed by atoms with Gasteiger partial charge in [0.2, 0.25) is 22.7 Å². The molecular formula is C20H24N2O6S. The number of sulfonamides is 1. The number of fused-ring (bicyclic) bond motifs is 1. The summed E-state index contributed by atoms with van der Waals surface area (Å²) in [5.41, 5.74) is 0.480. The summed E-state index contributed by atoms with van der Waals surface area (Å²) >= 11 is 0. The molecule has 1 amide bonds.